The lowest BCUT2D eigenvalue weighted by Gasteiger charge is -2.30. The van der Waals surface area contributed by atoms with E-state index >= 15 is 0 Å². The van der Waals surface area contributed by atoms with Gasteiger partial charge in [-0.3, -0.25) is 4.79 Å². The van der Waals surface area contributed by atoms with Crippen LogP contribution in [0.2, 0.25) is 0 Å². The molecule has 0 spiro atoms. The summed E-state index contributed by atoms with van der Waals surface area (Å²) in [5.74, 6) is 0.689. The minimum absolute atomic E-state index is 0.126. The van der Waals surface area contributed by atoms with Gasteiger partial charge in [-0.15, -0.1) is 0 Å². The molecule has 18 heavy (non-hydrogen) atoms. The smallest absolute Gasteiger partial charge is 0.224 e. The molecule has 1 heterocycles. The van der Waals surface area contributed by atoms with Gasteiger partial charge in [0.05, 0.1) is 6.42 Å². The molecular formula is C15H22N2O. The first kappa shape index (κ1) is 13.1. The van der Waals surface area contributed by atoms with Crippen molar-refractivity contribution in [2.45, 2.75) is 32.7 Å². The Balaban J connectivity index is 1.88. The van der Waals surface area contributed by atoms with Crippen molar-refractivity contribution in [3.8, 4) is 0 Å². The maximum Gasteiger partial charge on any atom is 0.224 e. The molecule has 3 heteroatoms. The predicted octanol–water partition coefficient (Wildman–Crippen LogP) is 1.65. The molecule has 1 fully saturated rings. The van der Waals surface area contributed by atoms with Gasteiger partial charge in [0.1, 0.15) is 0 Å². The zero-order valence-corrected chi connectivity index (χ0v) is 11.2. The molecule has 0 aromatic heterocycles. The van der Waals surface area contributed by atoms with E-state index in [1.165, 1.54) is 5.56 Å². The lowest BCUT2D eigenvalue weighted by Crippen LogP contribution is -2.50. The summed E-state index contributed by atoms with van der Waals surface area (Å²) in [6.07, 6.45) is 1.61. The van der Waals surface area contributed by atoms with Gasteiger partial charge in [-0.05, 0) is 31.4 Å². The van der Waals surface area contributed by atoms with Crippen LogP contribution in [0.25, 0.3) is 0 Å². The second kappa shape index (κ2) is 6.01. The van der Waals surface area contributed by atoms with Crippen molar-refractivity contribution >= 4 is 5.91 Å². The molecule has 1 aliphatic rings. The van der Waals surface area contributed by atoms with Crippen LogP contribution in [0.4, 0.5) is 0 Å². The number of hydrogen-bond acceptors (Lipinski definition) is 2. The van der Waals surface area contributed by atoms with Crippen LogP contribution in [0, 0.1) is 12.8 Å². The minimum Gasteiger partial charge on any atom is -0.352 e. The summed E-state index contributed by atoms with van der Waals surface area (Å²) in [4.78, 5) is 12.0. The second-order valence-corrected chi connectivity index (χ2v) is 5.31. The zero-order valence-electron chi connectivity index (χ0n) is 11.2. The van der Waals surface area contributed by atoms with Crippen LogP contribution in [-0.4, -0.2) is 25.0 Å². The Morgan fingerprint density at radius 3 is 3.06 bits per heavy atom. The zero-order chi connectivity index (χ0) is 13.0. The van der Waals surface area contributed by atoms with Crippen LogP contribution in [-0.2, 0) is 11.2 Å². The highest BCUT2D eigenvalue weighted by Gasteiger charge is 2.22. The number of hydrogen-bond donors (Lipinski definition) is 2. The van der Waals surface area contributed by atoms with Gasteiger partial charge in [0, 0.05) is 12.6 Å². The summed E-state index contributed by atoms with van der Waals surface area (Å²) >= 11 is 0. The molecule has 2 atom stereocenters. The third kappa shape index (κ3) is 3.57. The van der Waals surface area contributed by atoms with E-state index in [9.17, 15) is 4.79 Å². The number of aryl methyl sites for hydroxylation is 1. The molecule has 0 unspecified atom stereocenters. The SMILES string of the molecule is Cc1cccc(CC(=O)N[C@@H]2CNCC[C@@H]2C)c1. The number of benzene rings is 1. The molecule has 1 saturated heterocycles. The Hall–Kier alpha value is -1.35. The van der Waals surface area contributed by atoms with E-state index in [1.807, 2.05) is 12.1 Å². The Bertz CT molecular complexity index is 417. The molecule has 98 valence electrons. The second-order valence-electron chi connectivity index (χ2n) is 5.31. The predicted molar refractivity (Wildman–Crippen MR) is 73.5 cm³/mol. The van der Waals surface area contributed by atoms with E-state index in [0.29, 0.717) is 12.3 Å². The first-order chi connectivity index (χ1) is 8.65. The minimum atomic E-state index is 0.126. The molecule has 0 bridgehead atoms. The van der Waals surface area contributed by atoms with E-state index in [1.54, 1.807) is 0 Å². The fourth-order valence-corrected chi connectivity index (χ4v) is 2.45. The first-order valence-corrected chi connectivity index (χ1v) is 6.71. The van der Waals surface area contributed by atoms with Crippen LogP contribution in [0.15, 0.2) is 24.3 Å². The third-order valence-electron chi connectivity index (χ3n) is 3.62. The number of nitrogens with one attached hydrogen (secondary N) is 2. The van der Waals surface area contributed by atoms with Gasteiger partial charge in [0.15, 0.2) is 0 Å². The number of carbonyl (C=O) groups excluding carboxylic acids is 1. The van der Waals surface area contributed by atoms with Crippen LogP contribution < -0.4 is 10.6 Å². The average molecular weight is 246 g/mol. The third-order valence-corrected chi connectivity index (χ3v) is 3.62. The fourth-order valence-electron chi connectivity index (χ4n) is 2.45. The van der Waals surface area contributed by atoms with Gasteiger partial charge in [-0.1, -0.05) is 36.8 Å². The summed E-state index contributed by atoms with van der Waals surface area (Å²) in [6, 6.07) is 8.41. The van der Waals surface area contributed by atoms with Gasteiger partial charge in [0.2, 0.25) is 5.91 Å². The monoisotopic (exact) mass is 246 g/mol. The first-order valence-electron chi connectivity index (χ1n) is 6.71. The van der Waals surface area contributed by atoms with Crippen molar-refractivity contribution in [1.29, 1.82) is 0 Å². The molecule has 3 nitrogen and oxygen atoms in total. The normalized spacial score (nSPS) is 23.7. The van der Waals surface area contributed by atoms with Crippen LogP contribution in [0.5, 0.6) is 0 Å². The number of amides is 1. The molecule has 1 aliphatic heterocycles. The van der Waals surface area contributed by atoms with Crippen molar-refractivity contribution in [3.63, 3.8) is 0 Å². The van der Waals surface area contributed by atoms with E-state index in [2.05, 4.69) is 36.6 Å². The Morgan fingerprint density at radius 2 is 2.33 bits per heavy atom. The summed E-state index contributed by atoms with van der Waals surface area (Å²) in [5, 5.41) is 6.46. The molecular weight excluding hydrogens is 224 g/mol. The largest absolute Gasteiger partial charge is 0.352 e. The molecule has 1 aromatic carbocycles. The van der Waals surface area contributed by atoms with E-state index in [-0.39, 0.29) is 11.9 Å². The van der Waals surface area contributed by atoms with E-state index in [4.69, 9.17) is 0 Å². The summed E-state index contributed by atoms with van der Waals surface area (Å²) < 4.78 is 0. The van der Waals surface area contributed by atoms with Crippen molar-refractivity contribution in [2.75, 3.05) is 13.1 Å². The van der Waals surface area contributed by atoms with Gasteiger partial charge >= 0.3 is 0 Å². The molecule has 1 amide bonds. The summed E-state index contributed by atoms with van der Waals surface area (Å²) in [6.45, 7) is 6.21. The number of rotatable bonds is 3. The number of piperidine rings is 1. The van der Waals surface area contributed by atoms with Crippen molar-refractivity contribution in [2.24, 2.45) is 5.92 Å². The molecule has 0 aliphatic carbocycles. The van der Waals surface area contributed by atoms with Crippen LogP contribution >= 0.6 is 0 Å². The highest BCUT2D eigenvalue weighted by molar-refractivity contribution is 5.79. The van der Waals surface area contributed by atoms with Gasteiger partial charge in [-0.25, -0.2) is 0 Å². The molecule has 0 radical (unpaired) electrons. The van der Waals surface area contributed by atoms with E-state index in [0.717, 1.165) is 25.1 Å². The quantitative estimate of drug-likeness (QED) is 0.851. The molecule has 0 saturated carbocycles. The topological polar surface area (TPSA) is 41.1 Å². The lowest BCUT2D eigenvalue weighted by molar-refractivity contribution is -0.121. The van der Waals surface area contributed by atoms with Gasteiger partial charge in [-0.2, -0.15) is 0 Å². The number of carbonyl (C=O) groups is 1. The van der Waals surface area contributed by atoms with Crippen LogP contribution in [0.3, 0.4) is 0 Å². The summed E-state index contributed by atoms with van der Waals surface area (Å²) in [7, 11) is 0. The Labute approximate surface area is 109 Å². The highest BCUT2D eigenvalue weighted by Crippen LogP contribution is 2.11. The van der Waals surface area contributed by atoms with Crippen molar-refractivity contribution in [3.05, 3.63) is 35.4 Å². The highest BCUT2D eigenvalue weighted by atomic mass is 16.1. The maximum absolute atomic E-state index is 12.0. The fraction of sp³-hybridized carbons (Fsp3) is 0.533. The molecule has 2 N–H and O–H groups in total. The average Bonchev–Trinajstić information content (AvgIpc) is 2.32. The lowest BCUT2D eigenvalue weighted by atomic mass is 9.94. The Kier molecular flexibility index (Phi) is 4.37. The van der Waals surface area contributed by atoms with E-state index < -0.39 is 0 Å². The molecule has 1 aromatic rings. The van der Waals surface area contributed by atoms with Gasteiger partial charge in [0.25, 0.3) is 0 Å². The Morgan fingerprint density at radius 1 is 1.50 bits per heavy atom. The van der Waals surface area contributed by atoms with Crippen LogP contribution in [0.1, 0.15) is 24.5 Å². The maximum atomic E-state index is 12.0. The van der Waals surface area contributed by atoms with Crippen molar-refractivity contribution < 1.29 is 4.79 Å². The van der Waals surface area contributed by atoms with Gasteiger partial charge < -0.3 is 10.6 Å². The van der Waals surface area contributed by atoms with Crippen molar-refractivity contribution in [1.82, 2.24) is 10.6 Å². The molecule has 2 rings (SSSR count). The standard InChI is InChI=1S/C15H22N2O/c1-11-4-3-5-13(8-11)9-15(18)17-14-10-16-7-6-12(14)2/h3-5,8,12,14,16H,6-7,9-10H2,1-2H3,(H,17,18)/t12-,14+/m0/s1. The summed E-state index contributed by atoms with van der Waals surface area (Å²) in [5.41, 5.74) is 2.29.